The second-order valence-electron chi connectivity index (χ2n) is 2.96. The molecule has 0 saturated carbocycles. The number of carboxylic acid groups (broad SMARTS) is 1. The van der Waals surface area contributed by atoms with E-state index < -0.39 is 11.8 Å². The van der Waals surface area contributed by atoms with Gasteiger partial charge in [0.2, 0.25) is 11.7 Å². The maximum atomic E-state index is 13.0. The van der Waals surface area contributed by atoms with Gasteiger partial charge in [-0.25, -0.2) is 14.2 Å². The third-order valence-electron chi connectivity index (χ3n) is 1.88. The highest BCUT2D eigenvalue weighted by Crippen LogP contribution is 2.28. The molecule has 6 heteroatoms. The molecule has 4 nitrogen and oxygen atoms in total. The molecule has 1 N–H and O–H groups in total. The molecule has 0 aliphatic heterocycles. The number of hydrogen-bond donors (Lipinski definition) is 1. The molecule has 0 aliphatic rings. The van der Waals surface area contributed by atoms with E-state index in [-0.39, 0.29) is 22.2 Å². The summed E-state index contributed by atoms with van der Waals surface area (Å²) in [6.07, 6.45) is 1.04. The third kappa shape index (κ3) is 1.90. The van der Waals surface area contributed by atoms with Crippen LogP contribution in [0.5, 0.6) is 0 Å². The fourth-order valence-electron chi connectivity index (χ4n) is 1.16. The fourth-order valence-corrected chi connectivity index (χ4v) is 1.36. The largest absolute Gasteiger partial charge is 0.475 e. The lowest BCUT2D eigenvalue weighted by Crippen LogP contribution is -1.91. The van der Waals surface area contributed by atoms with Crippen LogP contribution in [0.1, 0.15) is 10.6 Å². The van der Waals surface area contributed by atoms with Crippen LogP contribution in [0.2, 0.25) is 5.02 Å². The molecule has 2 rings (SSSR count). The maximum Gasteiger partial charge on any atom is 0.373 e. The zero-order valence-corrected chi connectivity index (χ0v) is 8.53. The summed E-state index contributed by atoms with van der Waals surface area (Å²) in [6.45, 7) is 0. The number of carboxylic acids is 1. The first-order chi connectivity index (χ1) is 7.58. The number of carbonyl (C=O) groups is 1. The van der Waals surface area contributed by atoms with Crippen LogP contribution in [0.4, 0.5) is 4.39 Å². The van der Waals surface area contributed by atoms with Gasteiger partial charge < -0.3 is 9.52 Å². The molecule has 0 unspecified atom stereocenters. The van der Waals surface area contributed by atoms with E-state index in [4.69, 9.17) is 21.1 Å². The molecule has 0 saturated heterocycles. The van der Waals surface area contributed by atoms with Crippen LogP contribution >= 0.6 is 11.6 Å². The summed E-state index contributed by atoms with van der Waals surface area (Å²) in [7, 11) is 0. The first-order valence-corrected chi connectivity index (χ1v) is 4.60. The molecule has 1 heterocycles. The molecule has 0 fully saturated rings. The van der Waals surface area contributed by atoms with Crippen LogP contribution < -0.4 is 0 Å². The number of nitrogens with zero attached hydrogens (tertiary/aromatic N) is 1. The second-order valence-corrected chi connectivity index (χ2v) is 3.37. The Morgan fingerprint density at radius 3 is 2.88 bits per heavy atom. The van der Waals surface area contributed by atoms with Gasteiger partial charge in [-0.1, -0.05) is 11.6 Å². The lowest BCUT2D eigenvalue weighted by Gasteiger charge is -1.98. The zero-order valence-electron chi connectivity index (χ0n) is 7.78. The number of hydrogen-bond acceptors (Lipinski definition) is 3. The second kappa shape index (κ2) is 3.94. The van der Waals surface area contributed by atoms with Crippen LogP contribution in [0.3, 0.4) is 0 Å². The topological polar surface area (TPSA) is 63.3 Å². The Bertz CT molecular complexity index is 553. The predicted molar refractivity (Wildman–Crippen MR) is 53.9 cm³/mol. The van der Waals surface area contributed by atoms with Gasteiger partial charge in [0.25, 0.3) is 0 Å². The molecular weight excluding hydrogens is 237 g/mol. The number of rotatable bonds is 2. The van der Waals surface area contributed by atoms with Crippen molar-refractivity contribution >= 4 is 17.6 Å². The third-order valence-corrected chi connectivity index (χ3v) is 2.20. The molecule has 16 heavy (non-hydrogen) atoms. The summed E-state index contributed by atoms with van der Waals surface area (Å²) in [5.41, 5.74) is 0.217. The summed E-state index contributed by atoms with van der Waals surface area (Å²) in [5, 5.41) is 8.86. The number of aromatic nitrogens is 1. The van der Waals surface area contributed by atoms with E-state index in [0.717, 1.165) is 12.3 Å². The van der Waals surface area contributed by atoms with Gasteiger partial charge in [-0.3, -0.25) is 0 Å². The molecule has 82 valence electrons. The minimum atomic E-state index is -1.24. The highest BCUT2D eigenvalue weighted by Gasteiger charge is 2.14. The van der Waals surface area contributed by atoms with Crippen molar-refractivity contribution in [1.82, 2.24) is 4.98 Å². The summed E-state index contributed by atoms with van der Waals surface area (Å²) < 4.78 is 17.9. The van der Waals surface area contributed by atoms with E-state index in [9.17, 15) is 9.18 Å². The van der Waals surface area contributed by atoms with Crippen molar-refractivity contribution < 1.29 is 18.7 Å². The Kier molecular flexibility index (Phi) is 2.62. The lowest BCUT2D eigenvalue weighted by atomic mass is 10.2. The van der Waals surface area contributed by atoms with E-state index in [1.807, 2.05) is 0 Å². The number of aromatic carboxylic acids is 1. The van der Waals surface area contributed by atoms with Crippen LogP contribution in [-0.4, -0.2) is 16.1 Å². The number of oxazole rings is 1. The first-order valence-electron chi connectivity index (χ1n) is 4.22. The Balaban J connectivity index is 2.50. The maximum absolute atomic E-state index is 13.0. The monoisotopic (exact) mass is 241 g/mol. The van der Waals surface area contributed by atoms with E-state index in [2.05, 4.69) is 4.98 Å². The van der Waals surface area contributed by atoms with Crippen molar-refractivity contribution in [3.8, 4) is 11.5 Å². The van der Waals surface area contributed by atoms with Crippen LogP contribution in [0.15, 0.2) is 28.8 Å². The molecular formula is C10H5ClFNO3. The van der Waals surface area contributed by atoms with Gasteiger partial charge >= 0.3 is 5.97 Å². The van der Waals surface area contributed by atoms with Gasteiger partial charge in [0, 0.05) is 0 Å². The molecule has 0 bridgehead atoms. The summed E-state index contributed by atoms with van der Waals surface area (Å²) >= 11 is 5.81. The molecule has 0 atom stereocenters. The number of benzene rings is 1. The van der Waals surface area contributed by atoms with Crippen LogP contribution in [0, 0.1) is 5.82 Å². The van der Waals surface area contributed by atoms with Gasteiger partial charge in [0.05, 0.1) is 16.8 Å². The quantitative estimate of drug-likeness (QED) is 0.878. The minimum Gasteiger partial charge on any atom is -0.475 e. The van der Waals surface area contributed by atoms with Crippen LogP contribution in [-0.2, 0) is 0 Å². The van der Waals surface area contributed by atoms with Gasteiger partial charge in [0.15, 0.2) is 0 Å². The molecule has 0 amide bonds. The Hall–Kier alpha value is -1.88. The molecule has 2 aromatic rings. The minimum absolute atomic E-state index is 0.0260. The van der Waals surface area contributed by atoms with Crippen molar-refractivity contribution in [2.75, 3.05) is 0 Å². The smallest absolute Gasteiger partial charge is 0.373 e. The van der Waals surface area contributed by atoms with Crippen molar-refractivity contribution in [3.05, 3.63) is 41.0 Å². The fraction of sp³-hybridized carbons (Fsp3) is 0. The SMILES string of the molecule is O=C(O)c1cnc(-c2cc(F)ccc2Cl)o1. The number of halogens is 2. The van der Waals surface area contributed by atoms with E-state index in [1.54, 1.807) is 0 Å². The van der Waals surface area contributed by atoms with Crippen molar-refractivity contribution in [2.45, 2.75) is 0 Å². The van der Waals surface area contributed by atoms with E-state index in [0.29, 0.717) is 0 Å². The van der Waals surface area contributed by atoms with Crippen molar-refractivity contribution in [1.29, 1.82) is 0 Å². The average Bonchev–Trinajstić information content (AvgIpc) is 2.70. The van der Waals surface area contributed by atoms with Gasteiger partial charge in [0.1, 0.15) is 5.82 Å². The highest BCUT2D eigenvalue weighted by molar-refractivity contribution is 6.33. The van der Waals surface area contributed by atoms with Gasteiger partial charge in [-0.2, -0.15) is 0 Å². The van der Waals surface area contributed by atoms with E-state index in [1.165, 1.54) is 12.1 Å². The lowest BCUT2D eigenvalue weighted by molar-refractivity contribution is 0.0663. The predicted octanol–water partition coefficient (Wildman–Crippen LogP) is 2.83. The average molecular weight is 242 g/mol. The van der Waals surface area contributed by atoms with Gasteiger partial charge in [-0.15, -0.1) is 0 Å². The molecule has 0 radical (unpaired) electrons. The van der Waals surface area contributed by atoms with Crippen molar-refractivity contribution in [3.63, 3.8) is 0 Å². The molecule has 0 spiro atoms. The summed E-state index contributed by atoms with van der Waals surface area (Å²) in [4.78, 5) is 14.3. The molecule has 1 aromatic carbocycles. The zero-order chi connectivity index (χ0) is 11.7. The Morgan fingerprint density at radius 2 is 2.25 bits per heavy atom. The highest BCUT2D eigenvalue weighted by atomic mass is 35.5. The summed E-state index contributed by atoms with van der Waals surface area (Å²) in [5.74, 6) is -2.10. The normalized spacial score (nSPS) is 10.4. The molecule has 0 aliphatic carbocycles. The first kappa shape index (κ1) is 10.6. The van der Waals surface area contributed by atoms with Gasteiger partial charge in [-0.05, 0) is 18.2 Å². The van der Waals surface area contributed by atoms with Crippen LogP contribution in [0.25, 0.3) is 11.5 Å². The molecule has 1 aromatic heterocycles. The Labute approximate surface area is 94.3 Å². The van der Waals surface area contributed by atoms with E-state index >= 15 is 0 Å². The standard InChI is InChI=1S/C10H5ClFNO3/c11-7-2-1-5(12)3-6(7)9-13-4-8(16-9)10(14)15/h1-4H,(H,14,15). The van der Waals surface area contributed by atoms with Crippen molar-refractivity contribution in [2.24, 2.45) is 0 Å². The summed E-state index contributed by atoms with van der Waals surface area (Å²) in [6, 6.07) is 3.66. The Morgan fingerprint density at radius 1 is 1.50 bits per heavy atom.